The van der Waals surface area contributed by atoms with Crippen LogP contribution in [0.25, 0.3) is 11.1 Å². The third kappa shape index (κ3) is 1.87. The Kier molecular flexibility index (Phi) is 2.28. The molecule has 0 saturated carbocycles. The van der Waals surface area contributed by atoms with Crippen molar-refractivity contribution in [3.63, 3.8) is 0 Å². The molecule has 1 heterocycles. The lowest BCUT2D eigenvalue weighted by Gasteiger charge is -1.99. The van der Waals surface area contributed by atoms with Gasteiger partial charge in [-0.15, -0.1) is 0 Å². The van der Waals surface area contributed by atoms with E-state index in [1.165, 1.54) is 0 Å². The molecule has 1 aromatic carbocycles. The first-order valence-electron chi connectivity index (χ1n) is 4.02. The highest BCUT2D eigenvalue weighted by Gasteiger charge is 1.96. The maximum atomic E-state index is 5.83. The molecular formula is C11H8ClN. The molecule has 0 fully saturated rings. The maximum Gasteiger partial charge on any atom is 0.0595 e. The summed E-state index contributed by atoms with van der Waals surface area (Å²) in [5.41, 5.74) is 2.19. The van der Waals surface area contributed by atoms with Gasteiger partial charge in [-0.25, -0.2) is 0 Å². The van der Waals surface area contributed by atoms with Crippen molar-refractivity contribution in [1.82, 2.24) is 4.98 Å². The van der Waals surface area contributed by atoms with E-state index in [1.807, 2.05) is 36.4 Å². The number of benzene rings is 1. The van der Waals surface area contributed by atoms with Gasteiger partial charge in [-0.05, 0) is 11.6 Å². The largest absolute Gasteiger partial charge is 0.263 e. The van der Waals surface area contributed by atoms with Crippen molar-refractivity contribution < 1.29 is 0 Å². The molecule has 0 radical (unpaired) electrons. The van der Waals surface area contributed by atoms with Crippen molar-refractivity contribution in [1.29, 1.82) is 0 Å². The summed E-state index contributed by atoms with van der Waals surface area (Å²) in [5, 5.41) is 0.668. The second-order valence-corrected chi connectivity index (χ2v) is 3.19. The van der Waals surface area contributed by atoms with Gasteiger partial charge in [0.15, 0.2) is 0 Å². The van der Waals surface area contributed by atoms with Gasteiger partial charge in [-0.1, -0.05) is 41.9 Å². The minimum atomic E-state index is 0.668. The van der Waals surface area contributed by atoms with Crippen LogP contribution in [0.1, 0.15) is 0 Å². The van der Waals surface area contributed by atoms with Crippen LogP contribution >= 0.6 is 11.6 Å². The number of pyridine rings is 1. The van der Waals surface area contributed by atoms with E-state index >= 15 is 0 Å². The Balaban J connectivity index is 2.48. The fourth-order valence-electron chi connectivity index (χ4n) is 1.20. The Hall–Kier alpha value is -1.34. The average Bonchev–Trinajstić information content (AvgIpc) is 2.19. The van der Waals surface area contributed by atoms with Crippen LogP contribution in [0.3, 0.4) is 0 Å². The molecule has 0 atom stereocenters. The highest BCUT2D eigenvalue weighted by molar-refractivity contribution is 6.30. The second-order valence-electron chi connectivity index (χ2n) is 2.76. The van der Waals surface area contributed by atoms with Crippen molar-refractivity contribution in [2.45, 2.75) is 0 Å². The molecule has 1 aromatic heterocycles. The quantitative estimate of drug-likeness (QED) is 0.670. The molecule has 2 heteroatoms. The first-order valence-corrected chi connectivity index (χ1v) is 4.40. The fraction of sp³-hybridized carbons (Fsp3) is 0. The van der Waals surface area contributed by atoms with Crippen molar-refractivity contribution in [2.24, 2.45) is 0 Å². The smallest absolute Gasteiger partial charge is 0.0595 e. The van der Waals surface area contributed by atoms with E-state index in [-0.39, 0.29) is 0 Å². The van der Waals surface area contributed by atoms with Crippen molar-refractivity contribution >= 4 is 11.6 Å². The van der Waals surface area contributed by atoms with E-state index in [2.05, 4.69) is 4.98 Å². The molecule has 0 unspecified atom stereocenters. The molecule has 13 heavy (non-hydrogen) atoms. The zero-order chi connectivity index (χ0) is 9.10. The van der Waals surface area contributed by atoms with Crippen LogP contribution in [-0.2, 0) is 0 Å². The Labute approximate surface area is 82.0 Å². The van der Waals surface area contributed by atoms with E-state index in [1.54, 1.807) is 12.4 Å². The minimum Gasteiger partial charge on any atom is -0.263 e. The summed E-state index contributed by atoms with van der Waals surface area (Å²) >= 11 is 5.83. The van der Waals surface area contributed by atoms with Crippen LogP contribution in [0.5, 0.6) is 0 Å². The number of aromatic nitrogens is 1. The SMILES string of the molecule is Clc1cncc(-c2ccccc2)c1. The Morgan fingerprint density at radius 2 is 1.69 bits per heavy atom. The molecule has 0 spiro atoms. The number of hydrogen-bond donors (Lipinski definition) is 0. The van der Waals surface area contributed by atoms with Crippen LogP contribution in [0.2, 0.25) is 5.02 Å². The van der Waals surface area contributed by atoms with Gasteiger partial charge in [0, 0.05) is 18.0 Å². The standard InChI is InChI=1S/C11H8ClN/c12-11-6-10(7-13-8-11)9-4-2-1-3-5-9/h1-8H. The second kappa shape index (κ2) is 3.58. The van der Waals surface area contributed by atoms with Crippen LogP contribution in [0.15, 0.2) is 48.8 Å². The molecule has 0 aliphatic carbocycles. The highest BCUT2D eigenvalue weighted by Crippen LogP contribution is 2.20. The third-order valence-electron chi connectivity index (χ3n) is 1.81. The number of rotatable bonds is 1. The summed E-state index contributed by atoms with van der Waals surface area (Å²) in [5.74, 6) is 0. The lowest BCUT2D eigenvalue weighted by atomic mass is 10.1. The zero-order valence-corrected chi connectivity index (χ0v) is 7.70. The Morgan fingerprint density at radius 1 is 0.923 bits per heavy atom. The molecule has 64 valence electrons. The first-order chi connectivity index (χ1) is 6.36. The maximum absolute atomic E-state index is 5.83. The minimum absolute atomic E-state index is 0.668. The monoisotopic (exact) mass is 189 g/mol. The third-order valence-corrected chi connectivity index (χ3v) is 2.02. The van der Waals surface area contributed by atoms with Gasteiger partial charge >= 0.3 is 0 Å². The molecule has 0 aliphatic heterocycles. The number of nitrogens with zero attached hydrogens (tertiary/aromatic N) is 1. The Morgan fingerprint density at radius 3 is 2.38 bits per heavy atom. The molecule has 0 N–H and O–H groups in total. The van der Waals surface area contributed by atoms with Crippen molar-refractivity contribution in [2.75, 3.05) is 0 Å². The number of hydrogen-bond acceptors (Lipinski definition) is 1. The average molecular weight is 190 g/mol. The summed E-state index contributed by atoms with van der Waals surface area (Å²) in [6.45, 7) is 0. The summed E-state index contributed by atoms with van der Waals surface area (Å²) < 4.78 is 0. The number of halogens is 1. The molecule has 0 bridgehead atoms. The first kappa shape index (κ1) is 8.27. The topological polar surface area (TPSA) is 12.9 Å². The van der Waals surface area contributed by atoms with Crippen molar-refractivity contribution in [3.05, 3.63) is 53.8 Å². The Bertz CT molecular complexity index is 398. The normalized spacial score (nSPS) is 9.92. The van der Waals surface area contributed by atoms with E-state index in [0.29, 0.717) is 5.02 Å². The molecule has 1 nitrogen and oxygen atoms in total. The molecule has 2 rings (SSSR count). The summed E-state index contributed by atoms with van der Waals surface area (Å²) in [7, 11) is 0. The summed E-state index contributed by atoms with van der Waals surface area (Å²) in [6.07, 6.45) is 3.44. The van der Waals surface area contributed by atoms with Gasteiger partial charge in [0.05, 0.1) is 5.02 Å². The molecule has 0 aliphatic rings. The van der Waals surface area contributed by atoms with E-state index in [4.69, 9.17) is 11.6 Å². The van der Waals surface area contributed by atoms with Gasteiger partial charge in [0.1, 0.15) is 0 Å². The predicted octanol–water partition coefficient (Wildman–Crippen LogP) is 3.40. The van der Waals surface area contributed by atoms with E-state index < -0.39 is 0 Å². The lowest BCUT2D eigenvalue weighted by molar-refractivity contribution is 1.33. The van der Waals surface area contributed by atoms with Gasteiger partial charge in [0.25, 0.3) is 0 Å². The van der Waals surface area contributed by atoms with Gasteiger partial charge in [-0.2, -0.15) is 0 Å². The summed E-state index contributed by atoms with van der Waals surface area (Å²) in [4.78, 5) is 4.03. The molecular weight excluding hydrogens is 182 g/mol. The van der Waals surface area contributed by atoms with Crippen LogP contribution in [0.4, 0.5) is 0 Å². The predicted molar refractivity (Wildman–Crippen MR) is 54.7 cm³/mol. The molecule has 0 amide bonds. The van der Waals surface area contributed by atoms with Crippen LogP contribution < -0.4 is 0 Å². The highest BCUT2D eigenvalue weighted by atomic mass is 35.5. The van der Waals surface area contributed by atoms with Crippen molar-refractivity contribution in [3.8, 4) is 11.1 Å². The fourth-order valence-corrected chi connectivity index (χ4v) is 1.37. The lowest BCUT2D eigenvalue weighted by Crippen LogP contribution is -1.78. The van der Waals surface area contributed by atoms with E-state index in [0.717, 1.165) is 11.1 Å². The van der Waals surface area contributed by atoms with E-state index in [9.17, 15) is 0 Å². The van der Waals surface area contributed by atoms with Gasteiger partial charge in [-0.3, -0.25) is 4.98 Å². The van der Waals surface area contributed by atoms with Gasteiger partial charge < -0.3 is 0 Å². The molecule has 0 saturated heterocycles. The molecule has 2 aromatic rings. The summed E-state index contributed by atoms with van der Waals surface area (Å²) in [6, 6.07) is 12.0. The van der Waals surface area contributed by atoms with Crippen LogP contribution in [0, 0.1) is 0 Å². The zero-order valence-electron chi connectivity index (χ0n) is 6.94. The van der Waals surface area contributed by atoms with Crippen LogP contribution in [-0.4, -0.2) is 4.98 Å². The van der Waals surface area contributed by atoms with Gasteiger partial charge in [0.2, 0.25) is 0 Å².